The second-order valence-corrected chi connectivity index (χ2v) is 5.23. The molecule has 0 aromatic heterocycles. The van der Waals surface area contributed by atoms with Crippen LogP contribution in [-0.2, 0) is 0 Å². The maximum atomic E-state index is 13.9. The number of hydrogen-bond donors (Lipinski definition) is 0. The van der Waals surface area contributed by atoms with E-state index in [2.05, 4.69) is 0 Å². The van der Waals surface area contributed by atoms with Crippen molar-refractivity contribution in [3.63, 3.8) is 0 Å². The Labute approximate surface area is 125 Å². The number of fused-ring (bicyclic) bond motifs is 1. The van der Waals surface area contributed by atoms with Gasteiger partial charge < -0.3 is 4.74 Å². The lowest BCUT2D eigenvalue weighted by Gasteiger charge is -2.10. The van der Waals surface area contributed by atoms with Crippen molar-refractivity contribution in [2.75, 3.05) is 0 Å². The van der Waals surface area contributed by atoms with Crippen molar-refractivity contribution in [1.82, 2.24) is 0 Å². The molecule has 0 radical (unpaired) electrons. The van der Waals surface area contributed by atoms with Gasteiger partial charge in [-0.3, -0.25) is 4.79 Å². The summed E-state index contributed by atoms with van der Waals surface area (Å²) in [5.41, 5.74) is 0.0973. The fourth-order valence-corrected chi connectivity index (χ4v) is 2.69. The number of halogens is 2. The van der Waals surface area contributed by atoms with Crippen LogP contribution in [0.2, 0.25) is 0 Å². The van der Waals surface area contributed by atoms with Gasteiger partial charge in [-0.2, -0.15) is 0 Å². The van der Waals surface area contributed by atoms with Crippen molar-refractivity contribution < 1.29 is 23.1 Å². The molecule has 0 aliphatic heterocycles. The number of ketones is 1. The minimum atomic E-state index is -0.917. The monoisotopic (exact) mass is 302 g/mol. The third kappa shape index (κ3) is 2.28. The average molecular weight is 302 g/mol. The quantitative estimate of drug-likeness (QED) is 0.624. The van der Waals surface area contributed by atoms with Crippen LogP contribution in [0.4, 0.5) is 8.78 Å². The highest BCUT2D eigenvalue weighted by molar-refractivity contribution is 6.04. The molecule has 3 nitrogen and oxygen atoms in total. The summed E-state index contributed by atoms with van der Waals surface area (Å²) in [5.74, 6) is -2.71. The predicted octanol–water partition coefficient (Wildman–Crippen LogP) is 3.87. The molecule has 2 aromatic rings. The molecule has 0 bridgehead atoms. The van der Waals surface area contributed by atoms with Gasteiger partial charge in [-0.1, -0.05) is 19.1 Å². The molecule has 3 rings (SSSR count). The number of esters is 1. The Balaban J connectivity index is 2.00. The van der Waals surface area contributed by atoms with Gasteiger partial charge in [-0.05, 0) is 30.2 Å². The van der Waals surface area contributed by atoms with E-state index >= 15 is 0 Å². The number of carbonyl (C=O) groups is 2. The van der Waals surface area contributed by atoms with Crippen LogP contribution < -0.4 is 4.74 Å². The molecule has 0 fully saturated rings. The molecule has 0 saturated carbocycles. The Kier molecular flexibility index (Phi) is 3.48. The number of Topliss-reactive ketones (excluding diaryl/α,β-unsaturated/α-hetero) is 1. The lowest BCUT2D eigenvalue weighted by molar-refractivity contribution is 0.0728. The molecule has 2 aromatic carbocycles. The van der Waals surface area contributed by atoms with Gasteiger partial charge in [-0.15, -0.1) is 0 Å². The van der Waals surface area contributed by atoms with Crippen molar-refractivity contribution in [2.45, 2.75) is 19.3 Å². The first-order chi connectivity index (χ1) is 10.5. The first-order valence-electron chi connectivity index (χ1n) is 6.81. The number of carbonyl (C=O) groups excluding carboxylic acids is 2. The standard InChI is InChI=1S/C17H12F2O3/c1-9-8-13(20)16-14(7-6-12(19)15(9)16)22-17(21)10-4-2-3-5-11(10)18/h2-7,9H,8H2,1H3. The third-order valence-electron chi connectivity index (χ3n) is 3.71. The molecule has 22 heavy (non-hydrogen) atoms. The molecule has 1 unspecified atom stereocenters. The van der Waals surface area contributed by atoms with E-state index < -0.39 is 17.6 Å². The van der Waals surface area contributed by atoms with Crippen molar-refractivity contribution >= 4 is 11.8 Å². The molecule has 0 amide bonds. The highest BCUT2D eigenvalue weighted by Gasteiger charge is 2.33. The van der Waals surface area contributed by atoms with Crippen LogP contribution in [0.5, 0.6) is 5.75 Å². The van der Waals surface area contributed by atoms with Crippen LogP contribution in [0.15, 0.2) is 36.4 Å². The van der Waals surface area contributed by atoms with E-state index in [1.54, 1.807) is 6.92 Å². The molecule has 112 valence electrons. The van der Waals surface area contributed by atoms with E-state index in [9.17, 15) is 18.4 Å². The summed E-state index contributed by atoms with van der Waals surface area (Å²) in [4.78, 5) is 24.0. The average Bonchev–Trinajstić information content (AvgIpc) is 2.78. The summed E-state index contributed by atoms with van der Waals surface area (Å²) in [6.45, 7) is 1.73. The van der Waals surface area contributed by atoms with Gasteiger partial charge in [0.15, 0.2) is 5.78 Å². The van der Waals surface area contributed by atoms with E-state index in [1.165, 1.54) is 24.3 Å². The highest BCUT2D eigenvalue weighted by Crippen LogP contribution is 2.39. The Hall–Kier alpha value is -2.56. The van der Waals surface area contributed by atoms with Gasteiger partial charge in [0, 0.05) is 12.0 Å². The lowest BCUT2D eigenvalue weighted by atomic mass is 10.0. The highest BCUT2D eigenvalue weighted by atomic mass is 19.1. The minimum Gasteiger partial charge on any atom is -0.422 e. The van der Waals surface area contributed by atoms with E-state index in [-0.39, 0.29) is 40.6 Å². The third-order valence-corrected chi connectivity index (χ3v) is 3.71. The number of rotatable bonds is 2. The maximum absolute atomic E-state index is 13.9. The fraction of sp³-hybridized carbons (Fsp3) is 0.176. The smallest absolute Gasteiger partial charge is 0.346 e. The summed E-state index contributed by atoms with van der Waals surface area (Å²) in [7, 11) is 0. The summed E-state index contributed by atoms with van der Waals surface area (Å²) < 4.78 is 32.6. The maximum Gasteiger partial charge on any atom is 0.346 e. The SMILES string of the molecule is CC1CC(=O)c2c(OC(=O)c3ccccc3F)ccc(F)c21. The van der Waals surface area contributed by atoms with E-state index in [0.29, 0.717) is 0 Å². The molecule has 0 heterocycles. The predicted molar refractivity (Wildman–Crippen MR) is 75.1 cm³/mol. The molecule has 1 aliphatic rings. The minimum absolute atomic E-state index is 0.0287. The summed E-state index contributed by atoms with van der Waals surface area (Å²) in [5, 5.41) is 0. The van der Waals surface area contributed by atoms with Gasteiger partial charge in [0.1, 0.15) is 17.4 Å². The van der Waals surface area contributed by atoms with Crippen LogP contribution in [0.25, 0.3) is 0 Å². The van der Waals surface area contributed by atoms with Gasteiger partial charge in [0.05, 0.1) is 11.1 Å². The topological polar surface area (TPSA) is 43.4 Å². The largest absolute Gasteiger partial charge is 0.422 e. The molecule has 0 spiro atoms. The van der Waals surface area contributed by atoms with Crippen molar-refractivity contribution in [1.29, 1.82) is 0 Å². The van der Waals surface area contributed by atoms with E-state index in [0.717, 1.165) is 12.1 Å². The number of benzene rings is 2. The zero-order chi connectivity index (χ0) is 15.9. The zero-order valence-corrected chi connectivity index (χ0v) is 11.7. The first kappa shape index (κ1) is 14.4. The van der Waals surface area contributed by atoms with Crippen LogP contribution in [-0.4, -0.2) is 11.8 Å². The van der Waals surface area contributed by atoms with Crippen LogP contribution >= 0.6 is 0 Å². The molecule has 1 aliphatic carbocycles. The van der Waals surface area contributed by atoms with Gasteiger partial charge in [-0.25, -0.2) is 13.6 Å². The summed E-state index contributed by atoms with van der Waals surface area (Å²) in [6, 6.07) is 7.75. The summed E-state index contributed by atoms with van der Waals surface area (Å²) in [6.07, 6.45) is 0.167. The first-order valence-corrected chi connectivity index (χ1v) is 6.81. The fourth-order valence-electron chi connectivity index (χ4n) is 2.69. The van der Waals surface area contributed by atoms with E-state index in [4.69, 9.17) is 4.74 Å². The second-order valence-electron chi connectivity index (χ2n) is 5.23. The lowest BCUT2D eigenvalue weighted by Crippen LogP contribution is -2.13. The number of ether oxygens (including phenoxy) is 1. The summed E-state index contributed by atoms with van der Waals surface area (Å²) >= 11 is 0. The van der Waals surface area contributed by atoms with Crippen LogP contribution in [0.3, 0.4) is 0 Å². The normalized spacial score (nSPS) is 16.5. The Morgan fingerprint density at radius 3 is 2.59 bits per heavy atom. The van der Waals surface area contributed by atoms with Crippen molar-refractivity contribution in [3.05, 3.63) is 64.7 Å². The van der Waals surface area contributed by atoms with Crippen molar-refractivity contribution in [2.24, 2.45) is 0 Å². The Morgan fingerprint density at radius 2 is 1.86 bits per heavy atom. The molecule has 0 saturated heterocycles. The van der Waals surface area contributed by atoms with Gasteiger partial charge in [0.25, 0.3) is 0 Å². The molecule has 1 atom stereocenters. The molecular weight excluding hydrogens is 290 g/mol. The van der Waals surface area contributed by atoms with Gasteiger partial charge >= 0.3 is 5.97 Å². The number of hydrogen-bond acceptors (Lipinski definition) is 3. The zero-order valence-electron chi connectivity index (χ0n) is 11.7. The molecule has 0 N–H and O–H groups in total. The van der Waals surface area contributed by atoms with Crippen LogP contribution in [0, 0.1) is 11.6 Å². The van der Waals surface area contributed by atoms with Crippen LogP contribution in [0.1, 0.15) is 45.5 Å². The van der Waals surface area contributed by atoms with Crippen molar-refractivity contribution in [3.8, 4) is 5.75 Å². The molecule has 5 heteroatoms. The Bertz CT molecular complexity index is 783. The second kappa shape index (κ2) is 5.33. The Morgan fingerprint density at radius 1 is 1.14 bits per heavy atom. The van der Waals surface area contributed by atoms with E-state index in [1.807, 2.05) is 0 Å². The van der Waals surface area contributed by atoms with Gasteiger partial charge in [0.2, 0.25) is 0 Å². The molecular formula is C17H12F2O3.